The molecule has 0 bridgehead atoms. The molecule has 0 saturated carbocycles. The summed E-state index contributed by atoms with van der Waals surface area (Å²) in [6, 6.07) is 8.46. The molecule has 1 aromatic carbocycles. The first-order valence-electron chi connectivity index (χ1n) is 4.59. The lowest BCUT2D eigenvalue weighted by atomic mass is 10.1. The average molecular weight is 251 g/mol. The van der Waals surface area contributed by atoms with E-state index in [-0.39, 0.29) is 0 Å². The molecule has 1 heterocycles. The summed E-state index contributed by atoms with van der Waals surface area (Å²) in [4.78, 5) is 7.24. The maximum absolute atomic E-state index is 4.24. The van der Waals surface area contributed by atoms with Gasteiger partial charge in [-0.2, -0.15) is 0 Å². The second kappa shape index (κ2) is 3.96. The lowest BCUT2D eigenvalue weighted by Crippen LogP contribution is -1.82. The molecule has 2 aromatic rings. The second-order valence-electron chi connectivity index (χ2n) is 3.12. The summed E-state index contributed by atoms with van der Waals surface area (Å²) < 4.78 is 0.932. The van der Waals surface area contributed by atoms with Gasteiger partial charge in [-0.15, -0.1) is 0 Å². The van der Waals surface area contributed by atoms with Gasteiger partial charge in [0.1, 0.15) is 10.3 Å². The predicted molar refractivity (Wildman–Crippen MR) is 61.1 cm³/mol. The number of aromatic amines is 1. The van der Waals surface area contributed by atoms with Crippen molar-refractivity contribution in [3.05, 3.63) is 40.8 Å². The molecule has 0 radical (unpaired) electrons. The van der Waals surface area contributed by atoms with Crippen LogP contribution in [-0.2, 0) is 6.42 Å². The lowest BCUT2D eigenvalue weighted by Gasteiger charge is -1.99. The van der Waals surface area contributed by atoms with Gasteiger partial charge in [0.05, 0.1) is 6.33 Å². The van der Waals surface area contributed by atoms with Gasteiger partial charge in [0.2, 0.25) is 0 Å². The van der Waals surface area contributed by atoms with Crippen LogP contribution in [0.25, 0.3) is 11.3 Å². The van der Waals surface area contributed by atoms with E-state index in [2.05, 4.69) is 57.1 Å². The molecule has 2 rings (SSSR count). The van der Waals surface area contributed by atoms with E-state index in [4.69, 9.17) is 0 Å². The van der Waals surface area contributed by atoms with Crippen LogP contribution in [0.15, 0.2) is 35.2 Å². The van der Waals surface area contributed by atoms with Gasteiger partial charge >= 0.3 is 0 Å². The fraction of sp³-hybridized carbons (Fsp3) is 0.182. The molecule has 2 nitrogen and oxygen atoms in total. The first kappa shape index (κ1) is 9.46. The quantitative estimate of drug-likeness (QED) is 0.870. The third-order valence-corrected chi connectivity index (χ3v) is 2.83. The van der Waals surface area contributed by atoms with Crippen molar-refractivity contribution in [2.75, 3.05) is 0 Å². The van der Waals surface area contributed by atoms with Crippen LogP contribution in [0.3, 0.4) is 0 Å². The Balaban J connectivity index is 2.39. The largest absolute Gasteiger partial charge is 0.339 e. The number of nitrogens with zero attached hydrogens (tertiary/aromatic N) is 1. The van der Waals surface area contributed by atoms with Crippen molar-refractivity contribution < 1.29 is 0 Å². The van der Waals surface area contributed by atoms with Gasteiger partial charge in [0.25, 0.3) is 0 Å². The number of nitrogens with one attached hydrogen (secondary N) is 1. The molecule has 3 heteroatoms. The number of hydrogen-bond donors (Lipinski definition) is 1. The molecule has 0 saturated heterocycles. The Bertz CT molecular complexity index is 417. The van der Waals surface area contributed by atoms with Crippen molar-refractivity contribution in [2.45, 2.75) is 13.3 Å². The molecule has 0 spiro atoms. The van der Waals surface area contributed by atoms with Crippen LogP contribution in [0.1, 0.15) is 12.5 Å². The molecule has 14 heavy (non-hydrogen) atoms. The Labute approximate surface area is 91.5 Å². The molecule has 0 aliphatic heterocycles. The molecular formula is C11H11BrN2. The molecule has 0 unspecified atom stereocenters. The Kier molecular flexibility index (Phi) is 2.68. The monoisotopic (exact) mass is 250 g/mol. The van der Waals surface area contributed by atoms with Crippen molar-refractivity contribution in [3.8, 4) is 11.3 Å². The number of imidazole rings is 1. The number of benzene rings is 1. The maximum Gasteiger partial charge on any atom is 0.110 e. The Morgan fingerprint density at radius 1 is 1.29 bits per heavy atom. The number of halogens is 1. The van der Waals surface area contributed by atoms with Crippen molar-refractivity contribution in [1.29, 1.82) is 0 Å². The molecule has 0 fully saturated rings. The van der Waals surface area contributed by atoms with Crippen molar-refractivity contribution in [3.63, 3.8) is 0 Å². The number of aryl methyl sites for hydroxylation is 1. The summed E-state index contributed by atoms with van der Waals surface area (Å²) in [5.41, 5.74) is 3.45. The van der Waals surface area contributed by atoms with Crippen LogP contribution < -0.4 is 0 Å². The number of H-pyrrole nitrogens is 1. The van der Waals surface area contributed by atoms with Gasteiger partial charge in [0.15, 0.2) is 0 Å². The van der Waals surface area contributed by atoms with Gasteiger partial charge in [-0.25, -0.2) is 4.98 Å². The highest BCUT2D eigenvalue weighted by molar-refractivity contribution is 9.10. The first-order chi connectivity index (χ1) is 6.81. The van der Waals surface area contributed by atoms with Crippen LogP contribution in [-0.4, -0.2) is 9.97 Å². The van der Waals surface area contributed by atoms with E-state index in [1.54, 1.807) is 6.33 Å². The molecule has 0 amide bonds. The fourth-order valence-electron chi connectivity index (χ4n) is 1.38. The first-order valence-corrected chi connectivity index (χ1v) is 5.38. The van der Waals surface area contributed by atoms with Crippen molar-refractivity contribution in [1.82, 2.24) is 9.97 Å². The van der Waals surface area contributed by atoms with Crippen LogP contribution in [0.5, 0.6) is 0 Å². The Morgan fingerprint density at radius 3 is 2.50 bits per heavy atom. The molecule has 72 valence electrons. The summed E-state index contributed by atoms with van der Waals surface area (Å²) in [5, 5.41) is 0. The van der Waals surface area contributed by atoms with Crippen molar-refractivity contribution >= 4 is 15.9 Å². The van der Waals surface area contributed by atoms with Gasteiger partial charge in [-0.1, -0.05) is 31.2 Å². The summed E-state index contributed by atoms with van der Waals surface area (Å²) in [6.45, 7) is 2.15. The van der Waals surface area contributed by atoms with Crippen molar-refractivity contribution in [2.24, 2.45) is 0 Å². The van der Waals surface area contributed by atoms with Crippen LogP contribution in [0.2, 0.25) is 0 Å². The van der Waals surface area contributed by atoms with Crippen LogP contribution in [0, 0.1) is 0 Å². The van der Waals surface area contributed by atoms with E-state index in [9.17, 15) is 0 Å². The van der Waals surface area contributed by atoms with Gasteiger partial charge in [-0.3, -0.25) is 0 Å². The number of hydrogen-bond acceptors (Lipinski definition) is 1. The molecule has 0 atom stereocenters. The Hall–Kier alpha value is -1.09. The average Bonchev–Trinajstić information content (AvgIpc) is 2.65. The smallest absolute Gasteiger partial charge is 0.110 e. The zero-order chi connectivity index (χ0) is 9.97. The highest BCUT2D eigenvalue weighted by Crippen LogP contribution is 2.24. The normalized spacial score (nSPS) is 10.4. The number of aromatic nitrogens is 2. The summed E-state index contributed by atoms with van der Waals surface area (Å²) in [7, 11) is 0. The third kappa shape index (κ3) is 1.73. The van der Waals surface area contributed by atoms with E-state index >= 15 is 0 Å². The van der Waals surface area contributed by atoms with E-state index in [0.29, 0.717) is 0 Å². The molecular weight excluding hydrogens is 240 g/mol. The molecule has 0 aliphatic carbocycles. The van der Waals surface area contributed by atoms with Gasteiger partial charge in [-0.05, 0) is 27.9 Å². The van der Waals surface area contributed by atoms with Crippen LogP contribution in [0.4, 0.5) is 0 Å². The summed E-state index contributed by atoms with van der Waals surface area (Å²) in [6.07, 6.45) is 2.76. The highest BCUT2D eigenvalue weighted by atomic mass is 79.9. The minimum atomic E-state index is 0.932. The predicted octanol–water partition coefficient (Wildman–Crippen LogP) is 3.40. The lowest BCUT2D eigenvalue weighted by molar-refractivity contribution is 1.14. The minimum Gasteiger partial charge on any atom is -0.339 e. The maximum atomic E-state index is 4.24. The Morgan fingerprint density at radius 2 is 2.00 bits per heavy atom. The van der Waals surface area contributed by atoms with E-state index in [1.165, 1.54) is 5.56 Å². The topological polar surface area (TPSA) is 28.7 Å². The summed E-state index contributed by atoms with van der Waals surface area (Å²) >= 11 is 3.42. The summed E-state index contributed by atoms with van der Waals surface area (Å²) in [5.74, 6) is 0. The van der Waals surface area contributed by atoms with Gasteiger partial charge < -0.3 is 4.98 Å². The zero-order valence-corrected chi connectivity index (χ0v) is 9.51. The molecule has 1 N–H and O–H groups in total. The van der Waals surface area contributed by atoms with Crippen LogP contribution >= 0.6 is 15.9 Å². The third-order valence-electron chi connectivity index (χ3n) is 2.23. The number of rotatable bonds is 2. The highest BCUT2D eigenvalue weighted by Gasteiger charge is 2.04. The van der Waals surface area contributed by atoms with E-state index in [0.717, 1.165) is 22.3 Å². The van der Waals surface area contributed by atoms with E-state index in [1.807, 2.05) is 0 Å². The molecule has 0 aliphatic rings. The standard InChI is InChI=1S/C11H11BrN2/c1-2-8-3-5-9(6-4-8)10-11(12)14-7-13-10/h3-7H,2H2,1H3,(H,13,14). The zero-order valence-electron chi connectivity index (χ0n) is 7.92. The SMILES string of the molecule is CCc1ccc(-c2nc[nH]c2Br)cc1. The van der Waals surface area contributed by atoms with Gasteiger partial charge in [0, 0.05) is 5.56 Å². The van der Waals surface area contributed by atoms with E-state index < -0.39 is 0 Å². The minimum absolute atomic E-state index is 0.932. The second-order valence-corrected chi connectivity index (χ2v) is 3.91. The fourth-order valence-corrected chi connectivity index (χ4v) is 1.81. The molecule has 1 aromatic heterocycles.